The van der Waals surface area contributed by atoms with Crippen LogP contribution in [0.2, 0.25) is 0 Å². The topological polar surface area (TPSA) is 38.3 Å². The summed E-state index contributed by atoms with van der Waals surface area (Å²) in [6, 6.07) is 8.53. The Kier molecular flexibility index (Phi) is 4.99. The summed E-state index contributed by atoms with van der Waals surface area (Å²) >= 11 is 3.47. The van der Waals surface area contributed by atoms with E-state index in [0.29, 0.717) is 6.42 Å². The zero-order valence-electron chi connectivity index (χ0n) is 11.2. The number of benzene rings is 1. The fourth-order valence-corrected chi connectivity index (χ4v) is 2.79. The molecule has 0 bridgehead atoms. The normalized spacial score (nSPS) is 16.7. The first-order valence-electron chi connectivity index (χ1n) is 6.74. The Labute approximate surface area is 122 Å². The number of halogens is 1. The Morgan fingerprint density at radius 3 is 2.58 bits per heavy atom. The highest BCUT2D eigenvalue weighted by atomic mass is 79.9. The van der Waals surface area contributed by atoms with E-state index in [9.17, 15) is 4.79 Å². The van der Waals surface area contributed by atoms with Crippen LogP contribution in [-0.4, -0.2) is 19.6 Å². The molecule has 0 spiro atoms. The van der Waals surface area contributed by atoms with E-state index in [0.717, 1.165) is 17.4 Å². The van der Waals surface area contributed by atoms with Crippen molar-refractivity contribution in [1.29, 1.82) is 0 Å². The van der Waals surface area contributed by atoms with Crippen molar-refractivity contribution in [3.05, 3.63) is 34.3 Å². The van der Waals surface area contributed by atoms with Gasteiger partial charge in [0.15, 0.2) is 0 Å². The first-order valence-corrected chi connectivity index (χ1v) is 7.53. The Bertz CT molecular complexity index is 426. The van der Waals surface area contributed by atoms with Crippen molar-refractivity contribution in [2.45, 2.75) is 37.6 Å². The summed E-state index contributed by atoms with van der Waals surface area (Å²) in [6.07, 6.45) is 4.92. The van der Waals surface area contributed by atoms with Gasteiger partial charge in [-0.1, -0.05) is 28.1 Å². The van der Waals surface area contributed by atoms with E-state index < -0.39 is 0 Å². The van der Waals surface area contributed by atoms with E-state index >= 15 is 0 Å². The van der Waals surface area contributed by atoms with E-state index in [-0.39, 0.29) is 11.5 Å². The number of hydrogen-bond donors (Lipinski definition) is 1. The molecule has 1 aromatic rings. The van der Waals surface area contributed by atoms with Crippen LogP contribution in [0.4, 0.5) is 0 Å². The predicted molar refractivity (Wildman–Crippen MR) is 78.9 cm³/mol. The van der Waals surface area contributed by atoms with Crippen molar-refractivity contribution < 1.29 is 9.53 Å². The molecule has 1 fully saturated rings. The Hall–Kier alpha value is -0.870. The molecule has 0 aromatic heterocycles. The van der Waals surface area contributed by atoms with Gasteiger partial charge in [0.25, 0.3) is 0 Å². The highest BCUT2D eigenvalue weighted by Gasteiger charge is 2.37. The largest absolute Gasteiger partial charge is 0.469 e. The van der Waals surface area contributed by atoms with Crippen molar-refractivity contribution >= 4 is 21.9 Å². The number of methoxy groups -OCH3 is 1. The van der Waals surface area contributed by atoms with Crippen LogP contribution in [-0.2, 0) is 15.1 Å². The molecule has 1 N–H and O–H groups in total. The maximum atomic E-state index is 11.1. The number of esters is 1. The van der Waals surface area contributed by atoms with Crippen LogP contribution in [0.15, 0.2) is 28.7 Å². The molecule has 0 atom stereocenters. The van der Waals surface area contributed by atoms with Gasteiger partial charge < -0.3 is 10.1 Å². The minimum atomic E-state index is -0.131. The maximum absolute atomic E-state index is 11.1. The minimum absolute atomic E-state index is 0.122. The first kappa shape index (κ1) is 14.5. The van der Waals surface area contributed by atoms with Crippen LogP contribution in [0.5, 0.6) is 0 Å². The lowest BCUT2D eigenvalue weighted by Gasteiger charge is -2.43. The Morgan fingerprint density at radius 2 is 2.05 bits per heavy atom. The summed E-state index contributed by atoms with van der Waals surface area (Å²) in [6.45, 7) is 0.852. The predicted octanol–water partition coefficient (Wildman–Crippen LogP) is 3.37. The van der Waals surface area contributed by atoms with Gasteiger partial charge in [-0.25, -0.2) is 0 Å². The first-order chi connectivity index (χ1) is 9.16. The van der Waals surface area contributed by atoms with E-state index in [1.807, 2.05) is 0 Å². The summed E-state index contributed by atoms with van der Waals surface area (Å²) in [7, 11) is 1.44. The quantitative estimate of drug-likeness (QED) is 0.643. The molecule has 1 aromatic carbocycles. The second kappa shape index (κ2) is 6.53. The van der Waals surface area contributed by atoms with E-state index in [2.05, 4.69) is 50.2 Å². The van der Waals surface area contributed by atoms with Crippen LogP contribution in [0.3, 0.4) is 0 Å². The molecule has 1 saturated carbocycles. The maximum Gasteiger partial charge on any atom is 0.305 e. The van der Waals surface area contributed by atoms with Gasteiger partial charge in [0, 0.05) is 16.4 Å². The van der Waals surface area contributed by atoms with Gasteiger partial charge in [0.05, 0.1) is 7.11 Å². The van der Waals surface area contributed by atoms with Crippen molar-refractivity contribution in [2.75, 3.05) is 13.7 Å². The third kappa shape index (κ3) is 3.57. The molecule has 104 valence electrons. The average Bonchev–Trinajstić information content (AvgIpc) is 2.38. The molecular formula is C15H20BrNO2. The molecule has 0 amide bonds. The molecule has 0 heterocycles. The lowest BCUT2D eigenvalue weighted by Crippen LogP contribution is -2.48. The minimum Gasteiger partial charge on any atom is -0.469 e. The standard InChI is InChI=1S/C15H20BrNO2/c1-19-14(18)4-2-11-17-15(9-3-10-15)12-5-7-13(16)8-6-12/h5-8,17H,2-4,9-11H2,1H3. The monoisotopic (exact) mass is 325 g/mol. The summed E-state index contributed by atoms with van der Waals surface area (Å²) < 4.78 is 5.76. The number of carbonyl (C=O) groups excluding carboxylic acids is 1. The number of carbonyl (C=O) groups is 1. The zero-order chi connectivity index (χ0) is 13.7. The van der Waals surface area contributed by atoms with Gasteiger partial charge in [0.2, 0.25) is 0 Å². The molecule has 0 aliphatic heterocycles. The van der Waals surface area contributed by atoms with Crippen molar-refractivity contribution in [3.8, 4) is 0 Å². The number of rotatable bonds is 6. The number of hydrogen-bond acceptors (Lipinski definition) is 3. The van der Waals surface area contributed by atoms with Gasteiger partial charge in [-0.05, 0) is 49.9 Å². The second-order valence-electron chi connectivity index (χ2n) is 5.05. The second-order valence-corrected chi connectivity index (χ2v) is 5.96. The average molecular weight is 326 g/mol. The summed E-state index contributed by atoms with van der Waals surface area (Å²) in [5.74, 6) is -0.131. The number of nitrogens with one attached hydrogen (secondary N) is 1. The lowest BCUT2D eigenvalue weighted by atomic mass is 9.72. The fourth-order valence-electron chi connectivity index (χ4n) is 2.53. The van der Waals surface area contributed by atoms with E-state index in [4.69, 9.17) is 0 Å². The highest BCUT2D eigenvalue weighted by molar-refractivity contribution is 9.10. The molecule has 19 heavy (non-hydrogen) atoms. The summed E-state index contributed by atoms with van der Waals surface area (Å²) in [5, 5.41) is 3.62. The number of ether oxygens (including phenoxy) is 1. The molecule has 1 aliphatic rings. The highest BCUT2D eigenvalue weighted by Crippen LogP contribution is 2.41. The molecule has 4 heteroatoms. The van der Waals surface area contributed by atoms with Gasteiger partial charge in [0.1, 0.15) is 0 Å². The van der Waals surface area contributed by atoms with E-state index in [1.54, 1.807) is 0 Å². The van der Waals surface area contributed by atoms with Crippen LogP contribution < -0.4 is 5.32 Å². The third-order valence-corrected chi connectivity index (χ3v) is 4.38. The van der Waals surface area contributed by atoms with Crippen LogP contribution in [0.1, 0.15) is 37.7 Å². The molecule has 1 aliphatic carbocycles. The van der Waals surface area contributed by atoms with Crippen molar-refractivity contribution in [2.24, 2.45) is 0 Å². The molecular weight excluding hydrogens is 306 g/mol. The van der Waals surface area contributed by atoms with Gasteiger partial charge in [-0.15, -0.1) is 0 Å². The van der Waals surface area contributed by atoms with Gasteiger partial charge in [-0.3, -0.25) is 4.79 Å². The van der Waals surface area contributed by atoms with E-state index in [1.165, 1.54) is 31.9 Å². The molecule has 0 unspecified atom stereocenters. The zero-order valence-corrected chi connectivity index (χ0v) is 12.8. The van der Waals surface area contributed by atoms with Crippen LogP contribution in [0, 0.1) is 0 Å². The van der Waals surface area contributed by atoms with Crippen LogP contribution >= 0.6 is 15.9 Å². The van der Waals surface area contributed by atoms with Gasteiger partial charge >= 0.3 is 5.97 Å². The lowest BCUT2D eigenvalue weighted by molar-refractivity contribution is -0.140. The SMILES string of the molecule is COC(=O)CCCNC1(c2ccc(Br)cc2)CCC1. The molecule has 2 rings (SSSR count). The molecule has 0 saturated heterocycles. The Balaban J connectivity index is 1.88. The van der Waals surface area contributed by atoms with Crippen LogP contribution in [0.25, 0.3) is 0 Å². The fraction of sp³-hybridized carbons (Fsp3) is 0.533. The van der Waals surface area contributed by atoms with Gasteiger partial charge in [-0.2, -0.15) is 0 Å². The smallest absolute Gasteiger partial charge is 0.305 e. The van der Waals surface area contributed by atoms with Crippen molar-refractivity contribution in [3.63, 3.8) is 0 Å². The summed E-state index contributed by atoms with van der Waals surface area (Å²) in [4.78, 5) is 11.1. The Morgan fingerprint density at radius 1 is 1.37 bits per heavy atom. The third-order valence-electron chi connectivity index (χ3n) is 3.85. The van der Waals surface area contributed by atoms with Crippen molar-refractivity contribution in [1.82, 2.24) is 5.32 Å². The molecule has 3 nitrogen and oxygen atoms in total. The summed E-state index contributed by atoms with van der Waals surface area (Å²) in [5.41, 5.74) is 1.47. The molecule has 0 radical (unpaired) electrons.